The molecule has 8 heterocycles. The Balaban J connectivity index is 1.06. The van der Waals surface area contributed by atoms with Gasteiger partial charge in [0.15, 0.2) is 50.3 Å². The van der Waals surface area contributed by atoms with E-state index in [4.69, 9.17) is 71.1 Å². The number of nitrogens with one attached hydrogen (secondary N) is 2. The molecule has 2 amide bonds. The molecule has 8 rings (SSSR count). The van der Waals surface area contributed by atoms with Gasteiger partial charge in [-0.05, 0) is 27.7 Å². The Labute approximate surface area is 517 Å². The molecule has 39 heteroatoms. The fourth-order valence-electron chi connectivity index (χ4n) is 12.0. The monoisotopic (exact) mass is 1330 g/mol. The highest BCUT2D eigenvalue weighted by atomic mass is 16.8. The van der Waals surface area contributed by atoms with Crippen LogP contribution in [0, 0.1) is 0 Å². The van der Waals surface area contributed by atoms with Crippen LogP contribution in [0.1, 0.15) is 41.5 Å². The fraction of sp³-hybridized carbons (Fsp3) is 0.962. The van der Waals surface area contributed by atoms with Gasteiger partial charge in [-0.2, -0.15) is 0 Å². The second-order valence-corrected chi connectivity index (χ2v) is 23.8. The van der Waals surface area contributed by atoms with Gasteiger partial charge in [0, 0.05) is 13.8 Å². The van der Waals surface area contributed by atoms with Gasteiger partial charge in [0.2, 0.25) is 11.8 Å². The SMILES string of the molecule is CC(=O)N[C@H]1[C@@H](O[C@@H]2[C@@H](O)[C@H](C)O[C@@H](O[C@H]3[C@H](O[C@H]4[C@@H](O[C@H]5[C@H](O)[C@@H](CO)O[C@H](O[C@@H]6[C@@H](O)[C@H](C)O[C@@H](O)[C@@H]6O)[C@@H]5NC(C)=O)O[C@H](CO)[C@H](O)[C@@H]4O)O[C@@H](C)[C@H](O)[C@H]3O)[C@@H]2O)O[C@H](CO)[C@@H](O)[C@@H]1O[C@H]1O[C@H](CO)[C@H](O)[C@H](O)[C@H]1O[C@@H]1O[C@@H](C)[C@H](O)[C@@H](O)[C@H]1O. The first kappa shape index (κ1) is 74.3. The lowest BCUT2D eigenvalue weighted by Crippen LogP contribution is -2.70. The molecule has 0 bridgehead atoms. The topological polar surface area (TPSA) is 601 Å². The minimum Gasteiger partial charge on any atom is -0.394 e. The van der Waals surface area contributed by atoms with Crippen molar-refractivity contribution < 1.29 is 183 Å². The highest BCUT2D eigenvalue weighted by Gasteiger charge is 2.60. The summed E-state index contributed by atoms with van der Waals surface area (Å²) in [4.78, 5) is 25.8. The standard InChI is InChI=1S/C52H88N2O37/c1-11-23(61)31(69)35(73)48(78-11)89-43-33(71)27(65)17(7-55)83-51(43)85-39-22(54-16(6)60)47(82-20(10-58)30(39)68)88-41-26(64)14(4)79-49(37(41)75)90-42-32(70)24(62)12(2)80-50(42)91-44-34(72)28(66)18(8-56)84-52(44)86-38-21(53-15(5)59)46(81-19(9-57)29(38)67)87-40-25(63)13(3)77-45(76)36(40)74/h11-14,17-52,55-58,61-76H,7-10H2,1-6H3,(H,53,59)(H,54,60)/t11-,12-,13-,14-,17+,18+,19+,20+,21+,22+,23-,24-,25-,26-,27-,28-,29+,30+,31+,32+,33-,34-,35+,36+,37+,38+,39+,40+,41+,42+,43+,44+,45+,46+,47+,48-,49-,50-,51+,52+/m0/s1. The van der Waals surface area contributed by atoms with Crippen molar-refractivity contribution in [3.8, 4) is 0 Å². The molecule has 40 atom stereocenters. The van der Waals surface area contributed by atoms with Gasteiger partial charge in [-0.25, -0.2) is 0 Å². The zero-order valence-corrected chi connectivity index (χ0v) is 49.8. The summed E-state index contributed by atoms with van der Waals surface area (Å²) in [6, 6.07) is -3.55. The van der Waals surface area contributed by atoms with Crippen LogP contribution in [0.15, 0.2) is 0 Å². The molecule has 0 aromatic carbocycles. The molecule has 91 heavy (non-hydrogen) atoms. The maximum absolute atomic E-state index is 13.0. The molecular weight excluding hydrogens is 1240 g/mol. The predicted molar refractivity (Wildman–Crippen MR) is 282 cm³/mol. The first-order valence-corrected chi connectivity index (χ1v) is 29.6. The van der Waals surface area contributed by atoms with E-state index < -0.39 is 284 Å². The molecule has 0 radical (unpaired) electrons. The van der Waals surface area contributed by atoms with Crippen molar-refractivity contribution in [1.82, 2.24) is 10.6 Å². The summed E-state index contributed by atoms with van der Waals surface area (Å²) in [7, 11) is 0. The summed E-state index contributed by atoms with van der Waals surface area (Å²) < 4.78 is 88.4. The van der Waals surface area contributed by atoms with Crippen molar-refractivity contribution in [2.75, 3.05) is 26.4 Å². The first-order chi connectivity index (χ1) is 42.9. The summed E-state index contributed by atoms with van der Waals surface area (Å²) in [5, 5.41) is 225. The van der Waals surface area contributed by atoms with Gasteiger partial charge < -0.3 is 184 Å². The average molecular weight is 1330 g/mol. The minimum atomic E-state index is -2.27. The number of amides is 2. The van der Waals surface area contributed by atoms with Crippen molar-refractivity contribution in [3.63, 3.8) is 0 Å². The normalized spacial score (nSPS) is 52.5. The molecule has 8 saturated heterocycles. The van der Waals surface area contributed by atoms with Gasteiger partial charge in [-0.1, -0.05) is 0 Å². The van der Waals surface area contributed by atoms with E-state index in [0.29, 0.717) is 0 Å². The summed E-state index contributed by atoms with van der Waals surface area (Å²) in [6.07, 6.45) is -71.4. The number of carbonyl (C=O) groups excluding carboxylic acids is 2. The molecule has 0 aromatic rings. The number of ether oxygens (including phenoxy) is 15. The number of carbonyl (C=O) groups is 2. The van der Waals surface area contributed by atoms with E-state index in [1.165, 1.54) is 27.7 Å². The van der Waals surface area contributed by atoms with Crippen LogP contribution in [0.4, 0.5) is 0 Å². The van der Waals surface area contributed by atoms with E-state index in [9.17, 15) is 112 Å². The van der Waals surface area contributed by atoms with Crippen molar-refractivity contribution in [2.24, 2.45) is 0 Å². The van der Waals surface area contributed by atoms with Crippen LogP contribution in [-0.4, -0.2) is 386 Å². The average Bonchev–Trinajstić information content (AvgIpc) is 0.979. The van der Waals surface area contributed by atoms with Crippen molar-refractivity contribution in [1.29, 1.82) is 0 Å². The molecule has 528 valence electrons. The first-order valence-electron chi connectivity index (χ1n) is 29.6. The van der Waals surface area contributed by atoms with Crippen LogP contribution in [0.25, 0.3) is 0 Å². The second kappa shape index (κ2) is 31.4. The van der Waals surface area contributed by atoms with Gasteiger partial charge in [-0.15, -0.1) is 0 Å². The van der Waals surface area contributed by atoms with Crippen LogP contribution >= 0.6 is 0 Å². The van der Waals surface area contributed by atoms with Gasteiger partial charge in [0.25, 0.3) is 0 Å². The molecule has 0 saturated carbocycles. The molecule has 0 unspecified atom stereocenters. The smallest absolute Gasteiger partial charge is 0.217 e. The fourth-order valence-corrected chi connectivity index (χ4v) is 12.0. The number of aliphatic hydroxyl groups excluding tert-OH is 20. The molecule has 0 spiro atoms. The van der Waals surface area contributed by atoms with E-state index in [1.807, 2.05) is 0 Å². The van der Waals surface area contributed by atoms with Gasteiger partial charge in [-0.3, -0.25) is 9.59 Å². The van der Waals surface area contributed by atoms with Crippen LogP contribution in [-0.2, 0) is 80.6 Å². The zero-order valence-electron chi connectivity index (χ0n) is 49.8. The van der Waals surface area contributed by atoms with Gasteiger partial charge >= 0.3 is 0 Å². The predicted octanol–water partition coefficient (Wildman–Crippen LogP) is -14.1. The molecule has 0 aromatic heterocycles. The Morgan fingerprint density at radius 2 is 0.571 bits per heavy atom. The Kier molecular flexibility index (Phi) is 25.6. The van der Waals surface area contributed by atoms with Crippen molar-refractivity contribution >= 4 is 11.8 Å². The van der Waals surface area contributed by atoms with Gasteiger partial charge in [0.05, 0.1) is 50.8 Å². The molecule has 0 aliphatic carbocycles. The lowest BCUT2D eigenvalue weighted by Gasteiger charge is -2.51. The van der Waals surface area contributed by atoms with Crippen LogP contribution in [0.2, 0.25) is 0 Å². The molecule has 22 N–H and O–H groups in total. The third-order valence-electron chi connectivity index (χ3n) is 17.3. The summed E-state index contributed by atoms with van der Waals surface area (Å²) in [6.45, 7) is 3.13. The maximum Gasteiger partial charge on any atom is 0.217 e. The largest absolute Gasteiger partial charge is 0.394 e. The van der Waals surface area contributed by atoms with Crippen LogP contribution in [0.3, 0.4) is 0 Å². The molecule has 8 fully saturated rings. The van der Waals surface area contributed by atoms with Gasteiger partial charge in [0.1, 0.15) is 171 Å². The quantitative estimate of drug-likeness (QED) is 0.0538. The number of aliphatic hydroxyl groups is 20. The third-order valence-corrected chi connectivity index (χ3v) is 17.3. The number of hydrogen-bond acceptors (Lipinski definition) is 37. The number of hydrogen-bond donors (Lipinski definition) is 22. The summed E-state index contributed by atoms with van der Waals surface area (Å²) >= 11 is 0. The Bertz CT molecular complexity index is 2300. The minimum absolute atomic E-state index is 0.836. The Hall–Kier alpha value is -2.46. The van der Waals surface area contributed by atoms with E-state index >= 15 is 0 Å². The van der Waals surface area contributed by atoms with E-state index in [2.05, 4.69) is 10.6 Å². The lowest BCUT2D eigenvalue weighted by molar-refractivity contribution is -0.404. The van der Waals surface area contributed by atoms with Crippen molar-refractivity contribution in [3.05, 3.63) is 0 Å². The highest BCUT2D eigenvalue weighted by molar-refractivity contribution is 5.73. The van der Waals surface area contributed by atoms with E-state index in [1.54, 1.807) is 0 Å². The molecule has 8 aliphatic heterocycles. The third kappa shape index (κ3) is 15.8. The maximum atomic E-state index is 13.0. The number of rotatable bonds is 20. The van der Waals surface area contributed by atoms with Crippen LogP contribution in [0.5, 0.6) is 0 Å². The van der Waals surface area contributed by atoms with E-state index in [0.717, 1.165) is 13.8 Å². The Morgan fingerprint density at radius 1 is 0.286 bits per heavy atom. The highest BCUT2D eigenvalue weighted by Crippen LogP contribution is 2.39. The molecular formula is C52H88N2O37. The second-order valence-electron chi connectivity index (χ2n) is 23.8. The summed E-state index contributed by atoms with van der Waals surface area (Å²) in [5.41, 5.74) is 0. The lowest BCUT2D eigenvalue weighted by atomic mass is 9.94. The van der Waals surface area contributed by atoms with E-state index in [-0.39, 0.29) is 0 Å². The molecule has 8 aliphatic rings. The summed E-state index contributed by atoms with van der Waals surface area (Å²) in [5.74, 6) is -1.72. The Morgan fingerprint density at radius 3 is 0.978 bits per heavy atom. The van der Waals surface area contributed by atoms with Crippen molar-refractivity contribution in [2.45, 2.75) is 287 Å². The van der Waals surface area contributed by atoms with Crippen LogP contribution < -0.4 is 10.6 Å². The molecule has 39 nitrogen and oxygen atoms in total. The zero-order chi connectivity index (χ0) is 67.1.